The van der Waals surface area contributed by atoms with Crippen molar-refractivity contribution in [3.8, 4) is 0 Å². The summed E-state index contributed by atoms with van der Waals surface area (Å²) in [4.78, 5) is 27.3. The Balaban J connectivity index is 1.66. The van der Waals surface area contributed by atoms with Gasteiger partial charge in [-0.2, -0.15) is 0 Å². The number of aryl methyl sites for hydroxylation is 2. The maximum absolute atomic E-state index is 12.5. The van der Waals surface area contributed by atoms with Crippen molar-refractivity contribution in [2.75, 3.05) is 18.2 Å². The fourth-order valence-electron chi connectivity index (χ4n) is 3.41. The molecule has 0 fully saturated rings. The van der Waals surface area contributed by atoms with Crippen molar-refractivity contribution in [2.45, 2.75) is 56.8 Å². The normalized spacial score (nSPS) is 13.9. The Morgan fingerprint density at radius 2 is 1.82 bits per heavy atom. The highest BCUT2D eigenvalue weighted by molar-refractivity contribution is 7.99. The highest BCUT2D eigenvalue weighted by Gasteiger charge is 2.25. The van der Waals surface area contributed by atoms with Gasteiger partial charge in [0.1, 0.15) is 5.00 Å². The van der Waals surface area contributed by atoms with Crippen LogP contribution in [0.3, 0.4) is 0 Å². The number of fused-ring (bicyclic) bond motifs is 1. The van der Waals surface area contributed by atoms with Crippen LogP contribution in [0.25, 0.3) is 0 Å². The molecule has 28 heavy (non-hydrogen) atoms. The molecule has 0 radical (unpaired) electrons. The highest BCUT2D eigenvalue weighted by Crippen LogP contribution is 2.37. The third-order valence-corrected chi connectivity index (χ3v) is 7.15. The van der Waals surface area contributed by atoms with E-state index in [9.17, 15) is 9.59 Å². The van der Waals surface area contributed by atoms with E-state index in [0.29, 0.717) is 22.7 Å². The van der Waals surface area contributed by atoms with Gasteiger partial charge in [-0.1, -0.05) is 30.5 Å². The summed E-state index contributed by atoms with van der Waals surface area (Å²) in [6, 6.07) is 8.30. The number of thiophene rings is 1. The van der Waals surface area contributed by atoms with Crippen LogP contribution < -0.4 is 5.32 Å². The van der Waals surface area contributed by atoms with Gasteiger partial charge in [0.25, 0.3) is 0 Å². The van der Waals surface area contributed by atoms with Crippen LogP contribution in [0.1, 0.15) is 58.5 Å². The SMILES string of the molecule is COC(=O)c1c(NC(=O)CCSc2ccc(C)cc2)sc2c1CCCCCC2. The Morgan fingerprint density at radius 1 is 1.11 bits per heavy atom. The second-order valence-corrected chi connectivity index (χ2v) is 9.35. The zero-order valence-electron chi connectivity index (χ0n) is 16.5. The molecule has 1 heterocycles. The van der Waals surface area contributed by atoms with Crippen LogP contribution in [0.4, 0.5) is 5.00 Å². The van der Waals surface area contributed by atoms with Crippen LogP contribution >= 0.6 is 23.1 Å². The van der Waals surface area contributed by atoms with Gasteiger partial charge in [0.05, 0.1) is 12.7 Å². The quantitative estimate of drug-likeness (QED) is 0.489. The summed E-state index contributed by atoms with van der Waals surface area (Å²) in [5.41, 5.74) is 2.88. The predicted molar refractivity (Wildman–Crippen MR) is 117 cm³/mol. The van der Waals surface area contributed by atoms with E-state index in [1.54, 1.807) is 23.1 Å². The number of methoxy groups -OCH3 is 1. The Labute approximate surface area is 175 Å². The van der Waals surface area contributed by atoms with Crippen molar-refractivity contribution >= 4 is 40.0 Å². The smallest absolute Gasteiger partial charge is 0.341 e. The maximum atomic E-state index is 12.5. The lowest BCUT2D eigenvalue weighted by Crippen LogP contribution is -2.15. The van der Waals surface area contributed by atoms with Gasteiger partial charge < -0.3 is 10.1 Å². The molecule has 2 aromatic rings. The first-order chi connectivity index (χ1) is 13.6. The number of amides is 1. The monoisotopic (exact) mass is 417 g/mol. The number of rotatable bonds is 6. The van der Waals surface area contributed by atoms with Crippen molar-refractivity contribution < 1.29 is 14.3 Å². The average Bonchev–Trinajstić information content (AvgIpc) is 2.98. The first kappa shape index (κ1) is 20.9. The van der Waals surface area contributed by atoms with Gasteiger partial charge in [0, 0.05) is 21.9 Å². The minimum Gasteiger partial charge on any atom is -0.465 e. The molecule has 1 aromatic carbocycles. The Morgan fingerprint density at radius 3 is 2.54 bits per heavy atom. The minimum atomic E-state index is -0.345. The number of nitrogens with one attached hydrogen (secondary N) is 1. The van der Waals surface area contributed by atoms with E-state index in [4.69, 9.17) is 4.74 Å². The van der Waals surface area contributed by atoms with Gasteiger partial charge in [-0.05, 0) is 50.3 Å². The lowest BCUT2D eigenvalue weighted by Gasteiger charge is -2.11. The summed E-state index contributed by atoms with van der Waals surface area (Å²) in [6.07, 6.45) is 6.89. The maximum Gasteiger partial charge on any atom is 0.341 e. The molecule has 0 bridgehead atoms. The second kappa shape index (κ2) is 10.1. The summed E-state index contributed by atoms with van der Waals surface area (Å²) in [7, 11) is 1.40. The zero-order valence-corrected chi connectivity index (χ0v) is 18.1. The minimum absolute atomic E-state index is 0.0565. The molecule has 0 atom stereocenters. The van der Waals surface area contributed by atoms with Crippen LogP contribution in [0.15, 0.2) is 29.2 Å². The Bertz CT molecular complexity index is 827. The Kier molecular flexibility index (Phi) is 7.57. The average molecular weight is 418 g/mol. The Hall–Kier alpha value is -1.79. The van der Waals surface area contributed by atoms with E-state index in [1.807, 2.05) is 0 Å². The summed E-state index contributed by atoms with van der Waals surface area (Å²) in [6.45, 7) is 2.06. The van der Waals surface area contributed by atoms with E-state index in [2.05, 4.69) is 36.5 Å². The second-order valence-electron chi connectivity index (χ2n) is 7.07. The van der Waals surface area contributed by atoms with Crippen molar-refractivity contribution in [2.24, 2.45) is 0 Å². The van der Waals surface area contributed by atoms with Crippen LogP contribution in [-0.2, 0) is 22.4 Å². The predicted octanol–water partition coefficient (Wildman–Crippen LogP) is 5.62. The van der Waals surface area contributed by atoms with Crippen LogP contribution in [0, 0.1) is 6.92 Å². The molecule has 150 valence electrons. The van der Waals surface area contributed by atoms with E-state index in [0.717, 1.165) is 36.1 Å². The van der Waals surface area contributed by atoms with E-state index < -0.39 is 0 Å². The first-order valence-electron chi connectivity index (χ1n) is 9.80. The standard InChI is InChI=1S/C22H27NO3S2/c1-15-9-11-16(12-10-15)27-14-13-19(24)23-21-20(22(25)26-2)17-7-5-3-4-6-8-18(17)28-21/h9-12H,3-8,13-14H2,1-2H3,(H,23,24). The molecule has 1 N–H and O–H groups in total. The molecular formula is C22H27NO3S2. The van der Waals surface area contributed by atoms with Gasteiger partial charge in [-0.3, -0.25) is 4.79 Å². The molecule has 1 amide bonds. The molecule has 4 nitrogen and oxygen atoms in total. The third kappa shape index (κ3) is 5.39. The highest BCUT2D eigenvalue weighted by atomic mass is 32.2. The first-order valence-corrected chi connectivity index (χ1v) is 11.6. The van der Waals surface area contributed by atoms with E-state index in [1.165, 1.54) is 30.4 Å². The molecule has 0 spiro atoms. The largest absolute Gasteiger partial charge is 0.465 e. The zero-order chi connectivity index (χ0) is 19.9. The number of ether oxygens (including phenoxy) is 1. The van der Waals surface area contributed by atoms with E-state index >= 15 is 0 Å². The van der Waals surface area contributed by atoms with Crippen LogP contribution in [-0.4, -0.2) is 24.7 Å². The number of benzene rings is 1. The summed E-state index contributed by atoms with van der Waals surface area (Å²) in [5.74, 6) is 0.300. The van der Waals surface area contributed by atoms with Gasteiger partial charge >= 0.3 is 5.97 Å². The summed E-state index contributed by atoms with van der Waals surface area (Å²) in [5, 5.41) is 3.64. The summed E-state index contributed by atoms with van der Waals surface area (Å²) >= 11 is 3.22. The fraction of sp³-hybridized carbons (Fsp3) is 0.455. The van der Waals surface area contributed by atoms with Gasteiger partial charge in [-0.15, -0.1) is 23.1 Å². The number of anilines is 1. The molecular weight excluding hydrogens is 390 g/mol. The number of hydrogen-bond acceptors (Lipinski definition) is 5. The van der Waals surface area contributed by atoms with Crippen LogP contribution in [0.2, 0.25) is 0 Å². The molecule has 0 saturated carbocycles. The number of esters is 1. The number of hydrogen-bond donors (Lipinski definition) is 1. The fourth-order valence-corrected chi connectivity index (χ4v) is 5.56. The molecule has 0 aliphatic heterocycles. The van der Waals surface area contributed by atoms with Gasteiger partial charge in [0.15, 0.2) is 0 Å². The topological polar surface area (TPSA) is 55.4 Å². The number of thioether (sulfide) groups is 1. The molecule has 1 aliphatic rings. The molecule has 0 saturated heterocycles. The van der Waals surface area contributed by atoms with Crippen molar-refractivity contribution in [3.05, 3.63) is 45.8 Å². The molecule has 1 aromatic heterocycles. The van der Waals surface area contributed by atoms with Crippen molar-refractivity contribution in [1.82, 2.24) is 0 Å². The lowest BCUT2D eigenvalue weighted by molar-refractivity contribution is -0.115. The third-order valence-electron chi connectivity index (χ3n) is 4.93. The molecule has 6 heteroatoms. The molecule has 3 rings (SSSR count). The summed E-state index contributed by atoms with van der Waals surface area (Å²) < 4.78 is 5.02. The van der Waals surface area contributed by atoms with Crippen LogP contribution in [0.5, 0.6) is 0 Å². The molecule has 0 unspecified atom stereocenters. The van der Waals surface area contributed by atoms with Gasteiger partial charge in [0.2, 0.25) is 5.91 Å². The van der Waals surface area contributed by atoms with Crippen molar-refractivity contribution in [1.29, 1.82) is 0 Å². The number of carbonyl (C=O) groups excluding carboxylic acids is 2. The van der Waals surface area contributed by atoms with Gasteiger partial charge in [-0.25, -0.2) is 4.79 Å². The van der Waals surface area contributed by atoms with E-state index in [-0.39, 0.29) is 11.9 Å². The van der Waals surface area contributed by atoms with Crippen molar-refractivity contribution in [3.63, 3.8) is 0 Å². The lowest BCUT2D eigenvalue weighted by atomic mass is 9.96. The molecule has 1 aliphatic carbocycles. The number of carbonyl (C=O) groups is 2.